The molecule has 1 unspecified atom stereocenters. The van der Waals surface area contributed by atoms with Gasteiger partial charge in [0.25, 0.3) is 5.91 Å². The molecule has 2 aliphatic rings. The largest absolute Gasteiger partial charge is 0.347 e. The molecule has 0 bridgehead atoms. The summed E-state index contributed by atoms with van der Waals surface area (Å²) in [5.41, 5.74) is 1.35. The molecule has 98 valence electrons. The van der Waals surface area contributed by atoms with Gasteiger partial charge in [0, 0.05) is 17.7 Å². The molecule has 0 spiro atoms. The van der Waals surface area contributed by atoms with Gasteiger partial charge in [0.1, 0.15) is 5.69 Å². The summed E-state index contributed by atoms with van der Waals surface area (Å²) < 4.78 is 22.6. The Labute approximate surface area is 105 Å². The van der Waals surface area contributed by atoms with Gasteiger partial charge in [-0.3, -0.25) is 9.89 Å². The highest BCUT2D eigenvalue weighted by Crippen LogP contribution is 2.38. The van der Waals surface area contributed by atoms with Crippen LogP contribution in [0.4, 0.5) is 0 Å². The Morgan fingerprint density at radius 3 is 2.78 bits per heavy atom. The van der Waals surface area contributed by atoms with Gasteiger partial charge < -0.3 is 5.32 Å². The van der Waals surface area contributed by atoms with Crippen molar-refractivity contribution >= 4 is 15.7 Å². The van der Waals surface area contributed by atoms with Crippen LogP contribution in [0.25, 0.3) is 0 Å². The number of hydrogen-bond acceptors (Lipinski definition) is 4. The van der Waals surface area contributed by atoms with Gasteiger partial charge in [-0.2, -0.15) is 5.10 Å². The molecule has 1 amide bonds. The molecule has 7 heteroatoms. The molecule has 1 atom stereocenters. The normalized spacial score (nSPS) is 26.1. The average molecular weight is 269 g/mol. The first-order valence-electron chi connectivity index (χ1n) is 6.10. The smallest absolute Gasteiger partial charge is 0.272 e. The lowest BCUT2D eigenvalue weighted by Crippen LogP contribution is -2.35. The van der Waals surface area contributed by atoms with E-state index < -0.39 is 9.84 Å². The van der Waals surface area contributed by atoms with E-state index in [1.807, 2.05) is 0 Å². The number of hydrogen-bond donors (Lipinski definition) is 2. The highest BCUT2D eigenvalue weighted by molar-refractivity contribution is 7.91. The molecule has 1 aliphatic carbocycles. The second kappa shape index (κ2) is 4.08. The lowest BCUT2D eigenvalue weighted by atomic mass is 10.2. The van der Waals surface area contributed by atoms with E-state index in [2.05, 4.69) is 15.5 Å². The fourth-order valence-electron chi connectivity index (χ4n) is 2.22. The fourth-order valence-corrected chi connectivity index (χ4v) is 3.90. The molecule has 1 aliphatic heterocycles. The van der Waals surface area contributed by atoms with Crippen molar-refractivity contribution in [2.24, 2.45) is 0 Å². The van der Waals surface area contributed by atoms with Crippen molar-refractivity contribution in [3.8, 4) is 0 Å². The zero-order chi connectivity index (χ0) is 12.8. The lowest BCUT2D eigenvalue weighted by Gasteiger charge is -2.08. The summed E-state index contributed by atoms with van der Waals surface area (Å²) >= 11 is 0. The Hall–Kier alpha value is -1.37. The van der Waals surface area contributed by atoms with E-state index in [1.165, 1.54) is 0 Å². The van der Waals surface area contributed by atoms with E-state index >= 15 is 0 Å². The summed E-state index contributed by atoms with van der Waals surface area (Å²) in [5.74, 6) is 0.427. The van der Waals surface area contributed by atoms with Gasteiger partial charge in [-0.25, -0.2) is 8.42 Å². The summed E-state index contributed by atoms with van der Waals surface area (Å²) in [5, 5.41) is 9.55. The van der Waals surface area contributed by atoms with Crippen LogP contribution in [0.3, 0.4) is 0 Å². The molecular weight excluding hydrogens is 254 g/mol. The highest BCUT2D eigenvalue weighted by Gasteiger charge is 2.30. The number of rotatable bonds is 3. The highest BCUT2D eigenvalue weighted by atomic mass is 32.2. The molecule has 1 saturated carbocycles. The van der Waals surface area contributed by atoms with Crippen LogP contribution in [0.5, 0.6) is 0 Å². The zero-order valence-electron chi connectivity index (χ0n) is 9.85. The number of H-pyrrole nitrogens is 1. The fraction of sp³-hybridized carbons (Fsp3) is 0.636. The minimum absolute atomic E-state index is 0.0403. The summed E-state index contributed by atoms with van der Waals surface area (Å²) in [4.78, 5) is 11.9. The van der Waals surface area contributed by atoms with Crippen LogP contribution in [-0.4, -0.2) is 42.1 Å². The number of aromatic amines is 1. The third kappa shape index (κ3) is 2.40. The Bertz CT molecular complexity index is 574. The molecule has 6 nitrogen and oxygen atoms in total. The topological polar surface area (TPSA) is 91.9 Å². The minimum Gasteiger partial charge on any atom is -0.347 e. The number of carbonyl (C=O) groups excluding carboxylic acids is 1. The van der Waals surface area contributed by atoms with E-state index in [1.54, 1.807) is 6.07 Å². The lowest BCUT2D eigenvalue weighted by molar-refractivity contribution is 0.0936. The molecule has 2 fully saturated rings. The van der Waals surface area contributed by atoms with Crippen LogP contribution < -0.4 is 5.32 Å². The Balaban J connectivity index is 1.63. The maximum Gasteiger partial charge on any atom is 0.272 e. The van der Waals surface area contributed by atoms with Crippen molar-refractivity contribution < 1.29 is 13.2 Å². The van der Waals surface area contributed by atoms with E-state index in [0.717, 1.165) is 18.5 Å². The summed E-state index contributed by atoms with van der Waals surface area (Å²) in [6.45, 7) is 0. The van der Waals surface area contributed by atoms with Gasteiger partial charge in [-0.1, -0.05) is 0 Å². The quantitative estimate of drug-likeness (QED) is 0.820. The number of amides is 1. The van der Waals surface area contributed by atoms with E-state index in [-0.39, 0.29) is 23.5 Å². The number of aromatic nitrogens is 2. The predicted octanol–water partition coefficient (Wildman–Crippen LogP) is 0.204. The Morgan fingerprint density at radius 1 is 1.39 bits per heavy atom. The van der Waals surface area contributed by atoms with Crippen LogP contribution >= 0.6 is 0 Å². The molecule has 2 N–H and O–H groups in total. The molecule has 1 aromatic rings. The van der Waals surface area contributed by atoms with Crippen LogP contribution in [0, 0.1) is 0 Å². The van der Waals surface area contributed by atoms with Crippen LogP contribution in [0.15, 0.2) is 6.07 Å². The minimum atomic E-state index is -2.96. The Morgan fingerprint density at radius 2 is 2.17 bits per heavy atom. The average Bonchev–Trinajstić information content (AvgIpc) is 2.93. The first kappa shape index (κ1) is 11.7. The molecule has 2 heterocycles. The van der Waals surface area contributed by atoms with E-state index in [4.69, 9.17) is 0 Å². The zero-order valence-corrected chi connectivity index (χ0v) is 10.7. The maximum atomic E-state index is 11.9. The van der Waals surface area contributed by atoms with Crippen molar-refractivity contribution in [3.63, 3.8) is 0 Å². The summed E-state index contributed by atoms with van der Waals surface area (Å²) in [7, 11) is -2.96. The first-order valence-corrected chi connectivity index (χ1v) is 7.92. The van der Waals surface area contributed by atoms with Crippen LogP contribution in [0.1, 0.15) is 41.4 Å². The molecule has 18 heavy (non-hydrogen) atoms. The molecular formula is C11H15N3O3S. The SMILES string of the molecule is O=C(NC1CCS(=O)(=O)C1)c1cc(C2CC2)[nH]n1. The van der Waals surface area contributed by atoms with Crippen molar-refractivity contribution in [2.45, 2.75) is 31.2 Å². The molecule has 1 aromatic heterocycles. The van der Waals surface area contributed by atoms with Gasteiger partial charge in [-0.05, 0) is 25.3 Å². The number of carbonyl (C=O) groups is 1. The number of nitrogens with one attached hydrogen (secondary N) is 2. The standard InChI is InChI=1S/C11H15N3O3S/c15-11(12-8-3-4-18(16,17)6-8)10-5-9(13-14-10)7-1-2-7/h5,7-8H,1-4,6H2,(H,12,15)(H,13,14). The third-order valence-corrected chi connectivity index (χ3v) is 5.18. The van der Waals surface area contributed by atoms with Crippen molar-refractivity contribution in [1.82, 2.24) is 15.5 Å². The van der Waals surface area contributed by atoms with Crippen LogP contribution in [0.2, 0.25) is 0 Å². The number of sulfone groups is 1. The van der Waals surface area contributed by atoms with Gasteiger partial charge in [0.2, 0.25) is 0 Å². The molecule has 0 aromatic carbocycles. The summed E-state index contributed by atoms with van der Waals surface area (Å²) in [6.07, 6.45) is 2.78. The van der Waals surface area contributed by atoms with Gasteiger partial charge in [-0.15, -0.1) is 0 Å². The summed E-state index contributed by atoms with van der Waals surface area (Å²) in [6, 6.07) is 1.49. The van der Waals surface area contributed by atoms with Crippen LogP contribution in [-0.2, 0) is 9.84 Å². The van der Waals surface area contributed by atoms with E-state index in [9.17, 15) is 13.2 Å². The second-order valence-electron chi connectivity index (χ2n) is 5.06. The van der Waals surface area contributed by atoms with Crippen molar-refractivity contribution in [1.29, 1.82) is 0 Å². The van der Waals surface area contributed by atoms with Crippen molar-refractivity contribution in [2.75, 3.05) is 11.5 Å². The van der Waals surface area contributed by atoms with Gasteiger partial charge in [0.15, 0.2) is 9.84 Å². The molecule has 3 rings (SSSR count). The maximum absolute atomic E-state index is 11.9. The second-order valence-corrected chi connectivity index (χ2v) is 7.28. The predicted molar refractivity (Wildman–Crippen MR) is 65.1 cm³/mol. The molecule has 0 radical (unpaired) electrons. The Kier molecular flexibility index (Phi) is 2.65. The number of nitrogens with zero attached hydrogens (tertiary/aromatic N) is 1. The van der Waals surface area contributed by atoms with E-state index in [0.29, 0.717) is 18.0 Å². The molecule has 1 saturated heterocycles. The van der Waals surface area contributed by atoms with Crippen molar-refractivity contribution in [3.05, 3.63) is 17.5 Å². The monoisotopic (exact) mass is 269 g/mol. The third-order valence-electron chi connectivity index (χ3n) is 3.42. The van der Waals surface area contributed by atoms with Gasteiger partial charge in [0.05, 0.1) is 11.5 Å². The first-order chi connectivity index (χ1) is 8.53. The van der Waals surface area contributed by atoms with Gasteiger partial charge >= 0.3 is 0 Å².